The summed E-state index contributed by atoms with van der Waals surface area (Å²) in [7, 11) is 0. The molecule has 0 amide bonds. The number of alkyl halides is 1. The van der Waals surface area contributed by atoms with E-state index in [-0.39, 0.29) is 6.67 Å². The Labute approximate surface area is 92.8 Å². The molecule has 1 rings (SSSR count). The van der Waals surface area contributed by atoms with E-state index in [9.17, 15) is 4.39 Å². The number of likely N-dealkylation sites (tertiary alicyclic amines) is 1. The Bertz CT molecular complexity index is 166. The highest BCUT2D eigenvalue weighted by molar-refractivity contribution is 4.76. The average molecular weight is 217 g/mol. The largest absolute Gasteiger partial charge is 0.374 e. The van der Waals surface area contributed by atoms with E-state index in [2.05, 4.69) is 18.7 Å². The lowest BCUT2D eigenvalue weighted by Gasteiger charge is -2.19. The summed E-state index contributed by atoms with van der Waals surface area (Å²) in [4.78, 5) is 2.31. The third kappa shape index (κ3) is 4.94. The fourth-order valence-corrected chi connectivity index (χ4v) is 2.20. The van der Waals surface area contributed by atoms with E-state index in [1.165, 1.54) is 6.42 Å². The smallest absolute Gasteiger partial charge is 0.0906 e. The standard InChI is InChI=1S/C12H24FNO/c1-3-5-11(2)15-12-6-9-14(10-12)8-4-7-13/h11-12H,3-10H2,1-2H3. The average Bonchev–Trinajstić information content (AvgIpc) is 2.63. The summed E-state index contributed by atoms with van der Waals surface area (Å²) in [5.41, 5.74) is 0. The zero-order valence-corrected chi connectivity index (χ0v) is 10.0. The first-order valence-corrected chi connectivity index (χ1v) is 6.20. The van der Waals surface area contributed by atoms with Crippen molar-refractivity contribution in [2.75, 3.05) is 26.3 Å². The maximum atomic E-state index is 12.0. The van der Waals surface area contributed by atoms with Gasteiger partial charge in [-0.1, -0.05) is 13.3 Å². The Kier molecular flexibility index (Phi) is 6.18. The van der Waals surface area contributed by atoms with E-state index >= 15 is 0 Å². The van der Waals surface area contributed by atoms with E-state index in [1.807, 2.05) is 0 Å². The van der Waals surface area contributed by atoms with Crippen LogP contribution in [0.25, 0.3) is 0 Å². The summed E-state index contributed by atoms with van der Waals surface area (Å²) >= 11 is 0. The first kappa shape index (κ1) is 12.9. The second-order valence-electron chi connectivity index (χ2n) is 4.49. The normalized spacial score (nSPS) is 24.6. The summed E-state index contributed by atoms with van der Waals surface area (Å²) in [5, 5.41) is 0. The second kappa shape index (κ2) is 7.18. The molecule has 1 heterocycles. The molecule has 2 nitrogen and oxygen atoms in total. The lowest BCUT2D eigenvalue weighted by molar-refractivity contribution is -0.000485. The summed E-state index contributed by atoms with van der Waals surface area (Å²) in [6.07, 6.45) is 4.85. The molecular formula is C12H24FNO. The van der Waals surface area contributed by atoms with Gasteiger partial charge in [0, 0.05) is 19.6 Å². The van der Waals surface area contributed by atoms with Crippen molar-refractivity contribution in [3.63, 3.8) is 0 Å². The van der Waals surface area contributed by atoms with Gasteiger partial charge in [-0.3, -0.25) is 4.39 Å². The van der Waals surface area contributed by atoms with E-state index in [1.54, 1.807) is 0 Å². The Morgan fingerprint density at radius 2 is 2.33 bits per heavy atom. The van der Waals surface area contributed by atoms with Gasteiger partial charge in [0.15, 0.2) is 0 Å². The van der Waals surface area contributed by atoms with Crippen LogP contribution in [-0.2, 0) is 4.74 Å². The molecule has 1 aliphatic heterocycles. The summed E-state index contributed by atoms with van der Waals surface area (Å²) < 4.78 is 17.9. The molecule has 2 unspecified atom stereocenters. The van der Waals surface area contributed by atoms with Crippen LogP contribution in [0.3, 0.4) is 0 Å². The molecule has 0 radical (unpaired) electrons. The number of ether oxygens (including phenoxy) is 1. The van der Waals surface area contributed by atoms with E-state index in [0.29, 0.717) is 18.6 Å². The van der Waals surface area contributed by atoms with Gasteiger partial charge < -0.3 is 9.64 Å². The number of hydrogen-bond acceptors (Lipinski definition) is 2. The summed E-state index contributed by atoms with van der Waals surface area (Å²) in [5.74, 6) is 0. The summed E-state index contributed by atoms with van der Waals surface area (Å²) in [6, 6.07) is 0. The molecule has 2 atom stereocenters. The van der Waals surface area contributed by atoms with E-state index < -0.39 is 0 Å². The molecule has 90 valence electrons. The van der Waals surface area contributed by atoms with E-state index in [4.69, 9.17) is 4.74 Å². The van der Waals surface area contributed by atoms with Gasteiger partial charge in [-0.2, -0.15) is 0 Å². The van der Waals surface area contributed by atoms with Crippen molar-refractivity contribution in [2.45, 2.75) is 51.7 Å². The lowest BCUT2D eigenvalue weighted by Crippen LogP contribution is -2.26. The number of halogens is 1. The van der Waals surface area contributed by atoms with Crippen molar-refractivity contribution in [1.29, 1.82) is 0 Å². The maximum absolute atomic E-state index is 12.0. The van der Waals surface area contributed by atoms with Gasteiger partial charge in [0.05, 0.1) is 18.9 Å². The first-order valence-electron chi connectivity index (χ1n) is 6.20. The quantitative estimate of drug-likeness (QED) is 0.650. The number of nitrogens with zero attached hydrogens (tertiary/aromatic N) is 1. The highest BCUT2D eigenvalue weighted by atomic mass is 19.1. The minimum Gasteiger partial charge on any atom is -0.374 e. The molecular weight excluding hydrogens is 193 g/mol. The topological polar surface area (TPSA) is 12.5 Å². The number of rotatable bonds is 7. The molecule has 0 spiro atoms. The van der Waals surface area contributed by atoms with Crippen molar-refractivity contribution in [3.05, 3.63) is 0 Å². The number of hydrogen-bond donors (Lipinski definition) is 0. The molecule has 15 heavy (non-hydrogen) atoms. The molecule has 0 N–H and O–H groups in total. The minimum absolute atomic E-state index is 0.200. The Morgan fingerprint density at radius 1 is 1.53 bits per heavy atom. The first-order chi connectivity index (χ1) is 7.26. The second-order valence-corrected chi connectivity index (χ2v) is 4.49. The van der Waals surface area contributed by atoms with Crippen LogP contribution in [0.5, 0.6) is 0 Å². The van der Waals surface area contributed by atoms with Gasteiger partial charge in [0.2, 0.25) is 0 Å². The van der Waals surface area contributed by atoms with Crippen LogP contribution in [-0.4, -0.2) is 43.4 Å². The van der Waals surface area contributed by atoms with Crippen LogP contribution in [0, 0.1) is 0 Å². The van der Waals surface area contributed by atoms with Gasteiger partial charge in [0.1, 0.15) is 0 Å². The molecule has 1 fully saturated rings. The molecule has 1 saturated heterocycles. The van der Waals surface area contributed by atoms with Crippen molar-refractivity contribution in [1.82, 2.24) is 4.90 Å². The fourth-order valence-electron chi connectivity index (χ4n) is 2.20. The Morgan fingerprint density at radius 3 is 3.00 bits per heavy atom. The molecule has 0 aliphatic carbocycles. The molecule has 3 heteroatoms. The minimum atomic E-state index is -0.200. The predicted octanol–water partition coefficient (Wildman–Crippen LogP) is 2.63. The van der Waals surface area contributed by atoms with Crippen LogP contribution in [0.15, 0.2) is 0 Å². The Balaban J connectivity index is 2.12. The molecule has 0 saturated carbocycles. The third-order valence-corrected chi connectivity index (χ3v) is 2.96. The van der Waals surface area contributed by atoms with E-state index in [0.717, 1.165) is 32.5 Å². The third-order valence-electron chi connectivity index (χ3n) is 2.96. The van der Waals surface area contributed by atoms with Crippen LogP contribution in [0.1, 0.15) is 39.5 Å². The zero-order chi connectivity index (χ0) is 11.1. The van der Waals surface area contributed by atoms with Crippen LogP contribution in [0.2, 0.25) is 0 Å². The molecule has 0 aromatic rings. The predicted molar refractivity (Wildman–Crippen MR) is 60.9 cm³/mol. The van der Waals surface area contributed by atoms with Crippen LogP contribution >= 0.6 is 0 Å². The zero-order valence-electron chi connectivity index (χ0n) is 10.0. The Hall–Kier alpha value is -0.150. The summed E-state index contributed by atoms with van der Waals surface area (Å²) in [6.45, 7) is 7.08. The fraction of sp³-hybridized carbons (Fsp3) is 1.00. The molecule has 1 aliphatic rings. The van der Waals surface area contributed by atoms with Gasteiger partial charge >= 0.3 is 0 Å². The van der Waals surface area contributed by atoms with Crippen molar-refractivity contribution in [3.8, 4) is 0 Å². The van der Waals surface area contributed by atoms with Crippen LogP contribution in [0.4, 0.5) is 4.39 Å². The van der Waals surface area contributed by atoms with Gasteiger partial charge in [0.25, 0.3) is 0 Å². The highest BCUT2D eigenvalue weighted by Crippen LogP contribution is 2.16. The van der Waals surface area contributed by atoms with Crippen molar-refractivity contribution >= 4 is 0 Å². The maximum Gasteiger partial charge on any atom is 0.0906 e. The molecule has 0 aromatic heterocycles. The van der Waals surface area contributed by atoms with Gasteiger partial charge in [-0.05, 0) is 26.2 Å². The molecule has 0 bridgehead atoms. The van der Waals surface area contributed by atoms with Gasteiger partial charge in [-0.25, -0.2) is 0 Å². The lowest BCUT2D eigenvalue weighted by atomic mass is 10.2. The monoisotopic (exact) mass is 217 g/mol. The molecule has 0 aromatic carbocycles. The van der Waals surface area contributed by atoms with Crippen molar-refractivity contribution < 1.29 is 9.13 Å². The van der Waals surface area contributed by atoms with Gasteiger partial charge in [-0.15, -0.1) is 0 Å². The highest BCUT2D eigenvalue weighted by Gasteiger charge is 2.23. The van der Waals surface area contributed by atoms with Crippen LogP contribution < -0.4 is 0 Å². The SMILES string of the molecule is CCCC(C)OC1CCN(CCCF)C1. The van der Waals surface area contributed by atoms with Crippen molar-refractivity contribution in [2.24, 2.45) is 0 Å².